The molecule has 0 saturated heterocycles. The highest BCUT2D eigenvalue weighted by molar-refractivity contribution is 5.95. The lowest BCUT2D eigenvalue weighted by molar-refractivity contribution is -0.133. The number of rotatable bonds is 6. The van der Waals surface area contributed by atoms with Crippen LogP contribution in [0.25, 0.3) is 0 Å². The number of benzene rings is 1. The smallest absolute Gasteiger partial charge is 0.243 e. The molecule has 0 aliphatic heterocycles. The van der Waals surface area contributed by atoms with E-state index in [9.17, 15) is 9.59 Å². The van der Waals surface area contributed by atoms with Gasteiger partial charge in [0, 0.05) is 19.2 Å². The van der Waals surface area contributed by atoms with Gasteiger partial charge in [0.15, 0.2) is 0 Å². The highest BCUT2D eigenvalue weighted by Crippen LogP contribution is 2.17. The van der Waals surface area contributed by atoms with Crippen LogP contribution >= 0.6 is 0 Å². The Hall–Kier alpha value is -1.88. The number of hydrogen-bond donors (Lipinski definition) is 2. The summed E-state index contributed by atoms with van der Waals surface area (Å²) < 4.78 is 0. The van der Waals surface area contributed by atoms with Crippen molar-refractivity contribution < 1.29 is 9.59 Å². The maximum absolute atomic E-state index is 11.9. The lowest BCUT2D eigenvalue weighted by Crippen LogP contribution is -2.35. The molecular weight excluding hydrogens is 254 g/mol. The molecule has 0 fully saturated rings. The second-order valence-corrected chi connectivity index (χ2v) is 4.94. The number of hydrogen-bond acceptors (Lipinski definition) is 3. The van der Waals surface area contributed by atoms with Crippen LogP contribution in [0.3, 0.4) is 0 Å². The fourth-order valence-electron chi connectivity index (χ4n) is 1.82. The van der Waals surface area contributed by atoms with Crippen molar-refractivity contribution in [3.8, 4) is 0 Å². The third kappa shape index (κ3) is 4.66. The first kappa shape index (κ1) is 16.2. The molecule has 0 bridgehead atoms. The molecular formula is C15H23N3O2. The quantitative estimate of drug-likeness (QED) is 0.826. The van der Waals surface area contributed by atoms with Crippen molar-refractivity contribution in [3.63, 3.8) is 0 Å². The molecule has 3 N–H and O–H groups in total. The van der Waals surface area contributed by atoms with Crippen LogP contribution in [0.5, 0.6) is 0 Å². The maximum Gasteiger partial charge on any atom is 0.243 e. The van der Waals surface area contributed by atoms with E-state index in [-0.39, 0.29) is 18.4 Å². The molecule has 0 unspecified atom stereocenters. The third-order valence-electron chi connectivity index (χ3n) is 3.28. The summed E-state index contributed by atoms with van der Waals surface area (Å²) in [7, 11) is 1.63. The van der Waals surface area contributed by atoms with Crippen molar-refractivity contribution in [1.82, 2.24) is 4.90 Å². The molecule has 0 aliphatic carbocycles. The largest absolute Gasteiger partial charge is 0.336 e. The second-order valence-electron chi connectivity index (χ2n) is 4.94. The van der Waals surface area contributed by atoms with Crippen molar-refractivity contribution in [3.05, 3.63) is 29.3 Å². The number of nitrogens with zero attached hydrogens (tertiary/aromatic N) is 1. The maximum atomic E-state index is 11.9. The van der Waals surface area contributed by atoms with Crippen molar-refractivity contribution in [2.24, 2.45) is 5.73 Å². The van der Waals surface area contributed by atoms with Crippen molar-refractivity contribution in [2.75, 3.05) is 25.5 Å². The standard InChI is InChI=1S/C15H23N3O2/c1-11-6-4-7-13(12(11)2)17-14(19)10-18(3)15(20)8-5-9-16/h4,6-7H,5,8-10,16H2,1-3H3,(H,17,19). The Bertz CT molecular complexity index is 486. The monoisotopic (exact) mass is 277 g/mol. The van der Waals surface area contributed by atoms with E-state index in [4.69, 9.17) is 5.73 Å². The molecule has 0 aromatic heterocycles. The molecule has 20 heavy (non-hydrogen) atoms. The molecule has 0 atom stereocenters. The molecule has 0 saturated carbocycles. The lowest BCUT2D eigenvalue weighted by Gasteiger charge is -2.17. The Morgan fingerprint density at radius 2 is 2.00 bits per heavy atom. The molecule has 0 spiro atoms. The zero-order chi connectivity index (χ0) is 15.1. The van der Waals surface area contributed by atoms with E-state index in [2.05, 4.69) is 5.32 Å². The van der Waals surface area contributed by atoms with Crippen molar-refractivity contribution >= 4 is 17.5 Å². The normalized spacial score (nSPS) is 10.2. The van der Waals surface area contributed by atoms with Crippen LogP contribution in [0, 0.1) is 13.8 Å². The van der Waals surface area contributed by atoms with Gasteiger partial charge in [-0.25, -0.2) is 0 Å². The summed E-state index contributed by atoms with van der Waals surface area (Å²) in [5.74, 6) is -0.256. The van der Waals surface area contributed by atoms with Gasteiger partial charge < -0.3 is 16.0 Å². The van der Waals surface area contributed by atoms with Gasteiger partial charge in [0.25, 0.3) is 0 Å². The fourth-order valence-corrected chi connectivity index (χ4v) is 1.82. The molecule has 2 amide bonds. The van der Waals surface area contributed by atoms with Gasteiger partial charge in [-0.05, 0) is 44.0 Å². The average molecular weight is 277 g/mol. The van der Waals surface area contributed by atoms with Gasteiger partial charge in [0.1, 0.15) is 0 Å². The lowest BCUT2D eigenvalue weighted by atomic mass is 10.1. The van der Waals surface area contributed by atoms with E-state index in [0.717, 1.165) is 16.8 Å². The Labute approximate surface area is 120 Å². The van der Waals surface area contributed by atoms with Gasteiger partial charge in [-0.1, -0.05) is 12.1 Å². The number of aryl methyl sites for hydroxylation is 1. The van der Waals surface area contributed by atoms with Crippen LogP contribution in [-0.2, 0) is 9.59 Å². The first-order chi connectivity index (χ1) is 9.45. The summed E-state index contributed by atoms with van der Waals surface area (Å²) in [6.45, 7) is 4.49. The van der Waals surface area contributed by atoms with Crippen LogP contribution in [0.4, 0.5) is 5.69 Å². The van der Waals surface area contributed by atoms with Crippen LogP contribution in [0.15, 0.2) is 18.2 Å². The molecule has 5 nitrogen and oxygen atoms in total. The molecule has 0 aliphatic rings. The molecule has 1 rings (SSSR count). The molecule has 1 aromatic carbocycles. The van der Waals surface area contributed by atoms with Gasteiger partial charge in [-0.15, -0.1) is 0 Å². The Morgan fingerprint density at radius 1 is 1.30 bits per heavy atom. The summed E-state index contributed by atoms with van der Waals surface area (Å²) in [6.07, 6.45) is 1.02. The predicted octanol–water partition coefficient (Wildman–Crippen LogP) is 1.44. The number of amides is 2. The minimum Gasteiger partial charge on any atom is -0.336 e. The Morgan fingerprint density at radius 3 is 2.65 bits per heavy atom. The predicted molar refractivity (Wildman–Crippen MR) is 80.5 cm³/mol. The number of carbonyl (C=O) groups is 2. The number of carbonyl (C=O) groups excluding carboxylic acids is 2. The highest BCUT2D eigenvalue weighted by Gasteiger charge is 2.13. The van der Waals surface area contributed by atoms with Gasteiger partial charge in [0.2, 0.25) is 11.8 Å². The minimum absolute atomic E-state index is 0.0524. The van der Waals surface area contributed by atoms with E-state index in [1.54, 1.807) is 7.05 Å². The third-order valence-corrected chi connectivity index (χ3v) is 3.28. The SMILES string of the molecule is Cc1cccc(NC(=O)CN(C)C(=O)CCCN)c1C. The Balaban J connectivity index is 2.55. The average Bonchev–Trinajstić information content (AvgIpc) is 2.41. The van der Waals surface area contributed by atoms with E-state index >= 15 is 0 Å². The van der Waals surface area contributed by atoms with Crippen molar-refractivity contribution in [1.29, 1.82) is 0 Å². The van der Waals surface area contributed by atoms with Crippen LogP contribution < -0.4 is 11.1 Å². The summed E-state index contributed by atoms with van der Waals surface area (Å²) in [5.41, 5.74) is 8.31. The summed E-state index contributed by atoms with van der Waals surface area (Å²) in [4.78, 5) is 25.1. The van der Waals surface area contributed by atoms with E-state index in [0.29, 0.717) is 19.4 Å². The number of likely N-dealkylation sites (N-methyl/N-ethyl adjacent to an activating group) is 1. The second kappa shape index (κ2) is 7.65. The van der Waals surface area contributed by atoms with E-state index in [1.807, 2.05) is 32.0 Å². The topological polar surface area (TPSA) is 75.4 Å². The number of nitrogens with two attached hydrogens (primary N) is 1. The zero-order valence-corrected chi connectivity index (χ0v) is 12.4. The van der Waals surface area contributed by atoms with Gasteiger partial charge >= 0.3 is 0 Å². The summed E-state index contributed by atoms with van der Waals surface area (Å²) in [6, 6.07) is 5.75. The summed E-state index contributed by atoms with van der Waals surface area (Å²) in [5, 5.41) is 2.84. The zero-order valence-electron chi connectivity index (χ0n) is 12.4. The molecule has 0 radical (unpaired) electrons. The van der Waals surface area contributed by atoms with Crippen LogP contribution in [0.1, 0.15) is 24.0 Å². The first-order valence-electron chi connectivity index (χ1n) is 6.75. The molecule has 5 heteroatoms. The van der Waals surface area contributed by atoms with Gasteiger partial charge in [-0.2, -0.15) is 0 Å². The Kier molecular flexibility index (Phi) is 6.18. The van der Waals surface area contributed by atoms with Crippen LogP contribution in [-0.4, -0.2) is 36.9 Å². The number of nitrogens with one attached hydrogen (secondary N) is 1. The van der Waals surface area contributed by atoms with Gasteiger partial charge in [0.05, 0.1) is 6.54 Å². The van der Waals surface area contributed by atoms with Crippen molar-refractivity contribution in [2.45, 2.75) is 26.7 Å². The molecule has 0 heterocycles. The first-order valence-corrected chi connectivity index (χ1v) is 6.75. The minimum atomic E-state index is -0.192. The number of anilines is 1. The molecule has 1 aromatic rings. The summed E-state index contributed by atoms with van der Waals surface area (Å²) >= 11 is 0. The van der Waals surface area contributed by atoms with Crippen LogP contribution in [0.2, 0.25) is 0 Å². The van der Waals surface area contributed by atoms with E-state index in [1.165, 1.54) is 4.90 Å². The van der Waals surface area contributed by atoms with E-state index < -0.39 is 0 Å². The molecule has 110 valence electrons. The fraction of sp³-hybridized carbons (Fsp3) is 0.467. The van der Waals surface area contributed by atoms with Gasteiger partial charge in [-0.3, -0.25) is 9.59 Å². The highest BCUT2D eigenvalue weighted by atomic mass is 16.2.